The van der Waals surface area contributed by atoms with E-state index in [0.29, 0.717) is 18.0 Å². The average molecular weight is 313 g/mol. The standard InChI is InChI=1S/C16H19N5O2/c1-20(10-13(22)11-23-2)15-9-8-14-17-18-16(21(14)19-15)12-6-4-3-5-7-12/h3-9,13,22H,10-11H2,1-2H3/t13-/m0/s1. The molecule has 0 amide bonds. The molecular formula is C16H19N5O2. The molecule has 0 saturated heterocycles. The number of likely N-dealkylation sites (N-methyl/N-ethyl adjacent to an activating group) is 1. The van der Waals surface area contributed by atoms with Crippen molar-refractivity contribution in [2.45, 2.75) is 6.10 Å². The van der Waals surface area contributed by atoms with Gasteiger partial charge in [-0.2, -0.15) is 4.52 Å². The van der Waals surface area contributed by atoms with Crippen molar-refractivity contribution in [2.75, 3.05) is 32.2 Å². The number of nitrogens with zero attached hydrogens (tertiary/aromatic N) is 5. The Morgan fingerprint density at radius 3 is 2.70 bits per heavy atom. The van der Waals surface area contributed by atoms with Crippen LogP contribution in [0.4, 0.5) is 5.82 Å². The molecule has 0 bridgehead atoms. The number of rotatable bonds is 6. The van der Waals surface area contributed by atoms with Gasteiger partial charge in [0.15, 0.2) is 11.5 Å². The van der Waals surface area contributed by atoms with Crippen molar-refractivity contribution in [3.8, 4) is 11.4 Å². The SMILES string of the molecule is COC[C@@H](O)CN(C)c1ccc2nnc(-c3ccccc3)n2n1. The van der Waals surface area contributed by atoms with Crippen molar-refractivity contribution in [1.29, 1.82) is 0 Å². The van der Waals surface area contributed by atoms with Gasteiger partial charge in [-0.25, -0.2) is 0 Å². The largest absolute Gasteiger partial charge is 0.389 e. The second-order valence-electron chi connectivity index (χ2n) is 5.34. The summed E-state index contributed by atoms with van der Waals surface area (Å²) in [6.45, 7) is 0.712. The molecule has 0 fully saturated rings. The van der Waals surface area contributed by atoms with E-state index in [2.05, 4.69) is 15.3 Å². The van der Waals surface area contributed by atoms with Gasteiger partial charge in [-0.3, -0.25) is 0 Å². The summed E-state index contributed by atoms with van der Waals surface area (Å²) in [6, 6.07) is 13.5. The van der Waals surface area contributed by atoms with Crippen molar-refractivity contribution >= 4 is 11.5 Å². The van der Waals surface area contributed by atoms with Gasteiger partial charge >= 0.3 is 0 Å². The Hall–Kier alpha value is -2.51. The highest BCUT2D eigenvalue weighted by atomic mass is 16.5. The fraction of sp³-hybridized carbons (Fsp3) is 0.312. The number of hydrogen-bond acceptors (Lipinski definition) is 6. The van der Waals surface area contributed by atoms with Crippen molar-refractivity contribution in [3.05, 3.63) is 42.5 Å². The van der Waals surface area contributed by atoms with Crippen LogP contribution < -0.4 is 4.90 Å². The lowest BCUT2D eigenvalue weighted by atomic mass is 10.2. The molecule has 0 radical (unpaired) electrons. The van der Waals surface area contributed by atoms with E-state index in [-0.39, 0.29) is 6.61 Å². The summed E-state index contributed by atoms with van der Waals surface area (Å²) in [6.07, 6.45) is -0.572. The highest BCUT2D eigenvalue weighted by Crippen LogP contribution is 2.18. The minimum Gasteiger partial charge on any atom is -0.389 e. The quantitative estimate of drug-likeness (QED) is 0.738. The van der Waals surface area contributed by atoms with Crippen molar-refractivity contribution in [1.82, 2.24) is 19.8 Å². The first kappa shape index (κ1) is 15.4. The second kappa shape index (κ2) is 6.72. The van der Waals surface area contributed by atoms with Gasteiger partial charge in [-0.05, 0) is 12.1 Å². The Morgan fingerprint density at radius 1 is 1.17 bits per heavy atom. The van der Waals surface area contributed by atoms with E-state index in [1.54, 1.807) is 11.6 Å². The summed E-state index contributed by atoms with van der Waals surface area (Å²) in [5, 5.41) is 22.8. The minimum absolute atomic E-state index is 0.286. The molecule has 1 atom stereocenters. The normalized spacial score (nSPS) is 12.5. The van der Waals surface area contributed by atoms with Gasteiger partial charge in [0.25, 0.3) is 0 Å². The zero-order chi connectivity index (χ0) is 16.2. The number of hydrogen-bond donors (Lipinski definition) is 1. The maximum Gasteiger partial charge on any atom is 0.185 e. The van der Waals surface area contributed by atoms with Gasteiger partial charge in [-0.15, -0.1) is 15.3 Å². The van der Waals surface area contributed by atoms with Crippen LogP contribution in [-0.4, -0.2) is 58.3 Å². The second-order valence-corrected chi connectivity index (χ2v) is 5.34. The Balaban J connectivity index is 1.92. The Kier molecular flexibility index (Phi) is 4.50. The van der Waals surface area contributed by atoms with E-state index in [4.69, 9.17) is 4.74 Å². The number of methoxy groups -OCH3 is 1. The van der Waals surface area contributed by atoms with Crippen LogP contribution in [0.2, 0.25) is 0 Å². The van der Waals surface area contributed by atoms with E-state index in [1.807, 2.05) is 54.4 Å². The van der Waals surface area contributed by atoms with Gasteiger partial charge in [0, 0.05) is 26.3 Å². The lowest BCUT2D eigenvalue weighted by Gasteiger charge is -2.21. The molecule has 0 aliphatic heterocycles. The number of aliphatic hydroxyl groups excluding tert-OH is 1. The van der Waals surface area contributed by atoms with Crippen LogP contribution in [0.1, 0.15) is 0 Å². The van der Waals surface area contributed by atoms with Gasteiger partial charge in [0.05, 0.1) is 12.7 Å². The number of ether oxygens (including phenoxy) is 1. The summed E-state index contributed by atoms with van der Waals surface area (Å²) < 4.78 is 6.67. The zero-order valence-electron chi connectivity index (χ0n) is 13.1. The maximum absolute atomic E-state index is 9.86. The highest BCUT2D eigenvalue weighted by Gasteiger charge is 2.13. The Morgan fingerprint density at radius 2 is 1.96 bits per heavy atom. The molecule has 0 spiro atoms. The van der Waals surface area contributed by atoms with Gasteiger partial charge in [0.2, 0.25) is 0 Å². The first-order chi connectivity index (χ1) is 11.2. The van der Waals surface area contributed by atoms with Gasteiger partial charge in [0.1, 0.15) is 5.82 Å². The third-order valence-electron chi connectivity index (χ3n) is 3.52. The highest BCUT2D eigenvalue weighted by molar-refractivity contribution is 5.59. The molecule has 0 aliphatic rings. The molecule has 7 heteroatoms. The predicted octanol–water partition coefficient (Wildman–Crippen LogP) is 1.23. The number of benzene rings is 1. The van der Waals surface area contributed by atoms with Crippen molar-refractivity contribution in [3.63, 3.8) is 0 Å². The first-order valence-corrected chi connectivity index (χ1v) is 7.35. The van der Waals surface area contributed by atoms with Crippen LogP contribution in [0.3, 0.4) is 0 Å². The summed E-state index contributed by atoms with van der Waals surface area (Å²) in [5.74, 6) is 1.41. The summed E-state index contributed by atoms with van der Waals surface area (Å²) in [7, 11) is 3.44. The predicted molar refractivity (Wildman–Crippen MR) is 87.4 cm³/mol. The fourth-order valence-corrected chi connectivity index (χ4v) is 2.40. The molecule has 1 N–H and O–H groups in total. The zero-order valence-corrected chi connectivity index (χ0v) is 13.1. The van der Waals surface area contributed by atoms with E-state index in [1.165, 1.54) is 0 Å². The molecule has 3 aromatic rings. The molecule has 0 saturated carbocycles. The van der Waals surface area contributed by atoms with E-state index >= 15 is 0 Å². The van der Waals surface area contributed by atoms with Gasteiger partial charge in [-0.1, -0.05) is 30.3 Å². The molecule has 120 valence electrons. The van der Waals surface area contributed by atoms with Crippen LogP contribution in [0.15, 0.2) is 42.5 Å². The molecule has 7 nitrogen and oxygen atoms in total. The number of aliphatic hydroxyl groups is 1. The Bertz CT molecular complexity index is 774. The fourth-order valence-electron chi connectivity index (χ4n) is 2.40. The topological polar surface area (TPSA) is 75.8 Å². The lowest BCUT2D eigenvalue weighted by molar-refractivity contribution is 0.0694. The molecule has 2 aromatic heterocycles. The van der Waals surface area contributed by atoms with Crippen LogP contribution in [0.25, 0.3) is 17.0 Å². The van der Waals surface area contributed by atoms with Crippen molar-refractivity contribution < 1.29 is 9.84 Å². The van der Waals surface area contributed by atoms with Crippen LogP contribution in [0, 0.1) is 0 Å². The molecule has 0 aliphatic carbocycles. The Labute approximate surface area is 134 Å². The molecule has 1 aromatic carbocycles. The number of fused-ring (bicyclic) bond motifs is 1. The minimum atomic E-state index is -0.572. The third kappa shape index (κ3) is 3.30. The number of anilines is 1. The van der Waals surface area contributed by atoms with E-state index in [9.17, 15) is 5.11 Å². The first-order valence-electron chi connectivity index (χ1n) is 7.35. The monoisotopic (exact) mass is 313 g/mol. The average Bonchev–Trinajstić information content (AvgIpc) is 2.99. The number of aromatic nitrogens is 4. The van der Waals surface area contributed by atoms with Crippen LogP contribution >= 0.6 is 0 Å². The van der Waals surface area contributed by atoms with Gasteiger partial charge < -0.3 is 14.7 Å². The van der Waals surface area contributed by atoms with Crippen LogP contribution in [0.5, 0.6) is 0 Å². The lowest BCUT2D eigenvalue weighted by Crippen LogP contribution is -2.32. The van der Waals surface area contributed by atoms with Crippen LogP contribution in [-0.2, 0) is 4.74 Å². The molecule has 0 unspecified atom stereocenters. The molecular weight excluding hydrogens is 294 g/mol. The maximum atomic E-state index is 9.86. The van der Waals surface area contributed by atoms with E-state index < -0.39 is 6.10 Å². The van der Waals surface area contributed by atoms with E-state index in [0.717, 1.165) is 11.4 Å². The molecule has 3 rings (SSSR count). The summed E-state index contributed by atoms with van der Waals surface area (Å²) in [4.78, 5) is 1.87. The third-order valence-corrected chi connectivity index (χ3v) is 3.52. The molecule has 23 heavy (non-hydrogen) atoms. The van der Waals surface area contributed by atoms with Crippen molar-refractivity contribution in [2.24, 2.45) is 0 Å². The summed E-state index contributed by atoms with van der Waals surface area (Å²) in [5.41, 5.74) is 1.63. The molecule has 2 heterocycles. The summed E-state index contributed by atoms with van der Waals surface area (Å²) >= 11 is 0. The smallest absolute Gasteiger partial charge is 0.185 e.